The van der Waals surface area contributed by atoms with Gasteiger partial charge in [-0.2, -0.15) is 11.3 Å². The summed E-state index contributed by atoms with van der Waals surface area (Å²) in [6, 6.07) is 2.23. The molecule has 1 nitrogen and oxygen atoms in total. The highest BCUT2D eigenvalue weighted by molar-refractivity contribution is 7.07. The predicted octanol–water partition coefficient (Wildman–Crippen LogP) is 3.83. The minimum atomic E-state index is 0.0829. The van der Waals surface area contributed by atoms with Gasteiger partial charge >= 0.3 is 0 Å². The van der Waals surface area contributed by atoms with Gasteiger partial charge in [-0.3, -0.25) is 0 Å². The van der Waals surface area contributed by atoms with E-state index in [1.54, 1.807) is 11.3 Å². The van der Waals surface area contributed by atoms with E-state index in [0.717, 1.165) is 18.8 Å². The van der Waals surface area contributed by atoms with Crippen molar-refractivity contribution in [3.63, 3.8) is 0 Å². The van der Waals surface area contributed by atoms with Gasteiger partial charge in [0.05, 0.1) is 0 Å². The van der Waals surface area contributed by atoms with Crippen molar-refractivity contribution >= 4 is 11.3 Å². The van der Waals surface area contributed by atoms with Crippen molar-refractivity contribution in [3.05, 3.63) is 22.4 Å². The maximum Gasteiger partial charge on any atom is 0.0185 e. The fourth-order valence-electron chi connectivity index (χ4n) is 2.96. The van der Waals surface area contributed by atoms with Crippen LogP contribution in [0, 0.1) is 11.8 Å². The molecule has 0 aromatic carbocycles. The molecule has 16 heavy (non-hydrogen) atoms. The molecule has 1 aliphatic rings. The Hall–Kier alpha value is -0.340. The summed E-state index contributed by atoms with van der Waals surface area (Å²) in [4.78, 5) is 0. The molecule has 3 unspecified atom stereocenters. The largest absolute Gasteiger partial charge is 0.325 e. The first-order chi connectivity index (χ1) is 7.62. The van der Waals surface area contributed by atoms with Crippen LogP contribution in [0.5, 0.6) is 0 Å². The van der Waals surface area contributed by atoms with Gasteiger partial charge in [0.15, 0.2) is 0 Å². The zero-order chi connectivity index (χ0) is 11.6. The smallest absolute Gasteiger partial charge is 0.0185 e. The average Bonchev–Trinajstić information content (AvgIpc) is 2.76. The topological polar surface area (TPSA) is 26.0 Å². The van der Waals surface area contributed by atoms with Gasteiger partial charge in [0, 0.05) is 5.54 Å². The third-order valence-electron chi connectivity index (χ3n) is 4.52. The SMILES string of the molecule is CC1CCCC(N)(CCc2ccsc2)C1C. The monoisotopic (exact) mass is 237 g/mol. The fourth-order valence-corrected chi connectivity index (χ4v) is 3.67. The van der Waals surface area contributed by atoms with Crippen LogP contribution in [0.2, 0.25) is 0 Å². The van der Waals surface area contributed by atoms with E-state index in [9.17, 15) is 0 Å². The Balaban J connectivity index is 1.96. The predicted molar refractivity (Wildman–Crippen MR) is 71.7 cm³/mol. The summed E-state index contributed by atoms with van der Waals surface area (Å²) >= 11 is 1.79. The van der Waals surface area contributed by atoms with Gasteiger partial charge in [-0.05, 0) is 53.5 Å². The Morgan fingerprint density at radius 3 is 3.00 bits per heavy atom. The van der Waals surface area contributed by atoms with E-state index < -0.39 is 0 Å². The summed E-state index contributed by atoms with van der Waals surface area (Å²) in [5, 5.41) is 4.41. The summed E-state index contributed by atoms with van der Waals surface area (Å²) in [7, 11) is 0. The molecule has 0 saturated heterocycles. The van der Waals surface area contributed by atoms with E-state index in [-0.39, 0.29) is 5.54 Å². The van der Waals surface area contributed by atoms with Crippen molar-refractivity contribution in [2.45, 2.75) is 51.5 Å². The second kappa shape index (κ2) is 4.89. The van der Waals surface area contributed by atoms with Gasteiger partial charge in [0.2, 0.25) is 0 Å². The van der Waals surface area contributed by atoms with Crippen molar-refractivity contribution in [3.8, 4) is 0 Å². The highest BCUT2D eigenvalue weighted by Crippen LogP contribution is 2.38. The first kappa shape index (κ1) is 12.1. The van der Waals surface area contributed by atoms with Crippen LogP contribution in [-0.2, 0) is 6.42 Å². The van der Waals surface area contributed by atoms with Gasteiger partial charge in [-0.15, -0.1) is 0 Å². The molecule has 90 valence electrons. The highest BCUT2D eigenvalue weighted by Gasteiger charge is 2.37. The van der Waals surface area contributed by atoms with E-state index in [4.69, 9.17) is 5.73 Å². The van der Waals surface area contributed by atoms with Crippen LogP contribution in [0.25, 0.3) is 0 Å². The minimum absolute atomic E-state index is 0.0829. The van der Waals surface area contributed by atoms with Crippen LogP contribution in [0.15, 0.2) is 16.8 Å². The van der Waals surface area contributed by atoms with Crippen LogP contribution in [0.1, 0.15) is 45.1 Å². The van der Waals surface area contributed by atoms with Gasteiger partial charge < -0.3 is 5.73 Å². The quantitative estimate of drug-likeness (QED) is 0.849. The minimum Gasteiger partial charge on any atom is -0.325 e. The Morgan fingerprint density at radius 1 is 1.50 bits per heavy atom. The summed E-state index contributed by atoms with van der Waals surface area (Å²) in [5.74, 6) is 1.46. The van der Waals surface area contributed by atoms with Crippen molar-refractivity contribution in [1.82, 2.24) is 0 Å². The average molecular weight is 237 g/mol. The van der Waals surface area contributed by atoms with Gasteiger partial charge in [0.25, 0.3) is 0 Å². The van der Waals surface area contributed by atoms with E-state index in [2.05, 4.69) is 30.7 Å². The summed E-state index contributed by atoms with van der Waals surface area (Å²) < 4.78 is 0. The number of thiophene rings is 1. The Bertz CT molecular complexity index is 319. The molecule has 1 aromatic rings. The van der Waals surface area contributed by atoms with Crippen LogP contribution < -0.4 is 5.73 Å². The van der Waals surface area contributed by atoms with Crippen LogP contribution >= 0.6 is 11.3 Å². The molecule has 1 aromatic heterocycles. The maximum absolute atomic E-state index is 6.61. The molecular weight excluding hydrogens is 214 g/mol. The second-order valence-corrected chi connectivity index (χ2v) is 6.30. The van der Waals surface area contributed by atoms with Crippen molar-refractivity contribution in [1.29, 1.82) is 0 Å². The summed E-state index contributed by atoms with van der Waals surface area (Å²) in [6.45, 7) is 4.70. The standard InChI is InChI=1S/C14H23NS/c1-11-4-3-7-14(15,12(11)2)8-5-13-6-9-16-10-13/h6,9-12H,3-5,7-8,15H2,1-2H3. The first-order valence-electron chi connectivity index (χ1n) is 6.42. The molecule has 1 aliphatic carbocycles. The normalized spacial score (nSPS) is 35.2. The Kier molecular flexibility index (Phi) is 3.70. The lowest BCUT2D eigenvalue weighted by Gasteiger charge is -2.43. The molecule has 0 radical (unpaired) electrons. The van der Waals surface area contributed by atoms with Crippen LogP contribution in [0.4, 0.5) is 0 Å². The molecule has 0 bridgehead atoms. The van der Waals surface area contributed by atoms with E-state index in [1.165, 1.54) is 24.8 Å². The lowest BCUT2D eigenvalue weighted by molar-refractivity contribution is 0.135. The number of rotatable bonds is 3. The second-order valence-electron chi connectivity index (χ2n) is 5.52. The molecule has 3 atom stereocenters. The summed E-state index contributed by atoms with van der Waals surface area (Å²) in [6.07, 6.45) is 6.18. The van der Waals surface area contributed by atoms with E-state index in [1.807, 2.05) is 0 Å². The maximum atomic E-state index is 6.61. The first-order valence-corrected chi connectivity index (χ1v) is 7.36. The van der Waals surface area contributed by atoms with Crippen molar-refractivity contribution in [2.75, 3.05) is 0 Å². The van der Waals surface area contributed by atoms with Gasteiger partial charge in [0.1, 0.15) is 0 Å². The number of hydrogen-bond acceptors (Lipinski definition) is 2. The van der Waals surface area contributed by atoms with Crippen molar-refractivity contribution < 1.29 is 0 Å². The highest BCUT2D eigenvalue weighted by atomic mass is 32.1. The third-order valence-corrected chi connectivity index (χ3v) is 5.25. The van der Waals surface area contributed by atoms with E-state index >= 15 is 0 Å². The summed E-state index contributed by atoms with van der Waals surface area (Å²) in [5.41, 5.74) is 8.15. The number of hydrogen-bond donors (Lipinski definition) is 1. The zero-order valence-corrected chi connectivity index (χ0v) is 11.2. The molecule has 1 heterocycles. The number of nitrogens with two attached hydrogens (primary N) is 1. The molecule has 2 rings (SSSR count). The lowest BCUT2D eigenvalue weighted by Crippen LogP contribution is -2.51. The molecule has 0 amide bonds. The Morgan fingerprint density at radius 2 is 2.31 bits per heavy atom. The molecule has 1 saturated carbocycles. The molecular formula is C14H23NS. The zero-order valence-electron chi connectivity index (χ0n) is 10.4. The lowest BCUT2D eigenvalue weighted by atomic mass is 9.67. The molecule has 0 aliphatic heterocycles. The fraction of sp³-hybridized carbons (Fsp3) is 0.714. The van der Waals surface area contributed by atoms with E-state index in [0.29, 0.717) is 5.92 Å². The van der Waals surface area contributed by atoms with Crippen molar-refractivity contribution in [2.24, 2.45) is 17.6 Å². The van der Waals surface area contributed by atoms with Crippen LogP contribution in [-0.4, -0.2) is 5.54 Å². The molecule has 0 spiro atoms. The molecule has 1 fully saturated rings. The number of aryl methyl sites for hydroxylation is 1. The van der Waals surface area contributed by atoms with Gasteiger partial charge in [-0.25, -0.2) is 0 Å². The third kappa shape index (κ3) is 2.49. The van der Waals surface area contributed by atoms with Gasteiger partial charge in [-0.1, -0.05) is 26.7 Å². The molecule has 2 N–H and O–H groups in total. The van der Waals surface area contributed by atoms with Crippen LogP contribution in [0.3, 0.4) is 0 Å². The molecule has 2 heteroatoms. The Labute approximate surface area is 103 Å².